The van der Waals surface area contributed by atoms with E-state index in [1.807, 2.05) is 42.5 Å². The first-order valence-electron chi connectivity index (χ1n) is 8.45. The van der Waals surface area contributed by atoms with Crippen LogP contribution >= 0.6 is 11.6 Å². The first kappa shape index (κ1) is 15.4. The maximum Gasteiger partial charge on any atom is 0.264 e. The van der Waals surface area contributed by atoms with E-state index in [1.54, 1.807) is 16.7 Å². The van der Waals surface area contributed by atoms with Crippen molar-refractivity contribution in [3.63, 3.8) is 0 Å². The Kier molecular flexibility index (Phi) is 3.32. The van der Waals surface area contributed by atoms with E-state index in [2.05, 4.69) is 10.6 Å². The third-order valence-corrected chi connectivity index (χ3v) is 5.29. The van der Waals surface area contributed by atoms with Gasteiger partial charge in [0, 0.05) is 22.8 Å². The van der Waals surface area contributed by atoms with Crippen molar-refractivity contribution in [3.8, 4) is 0 Å². The molecule has 1 N–H and O–H groups in total. The number of carbonyl (C=O) groups excluding carboxylic acids is 1. The average molecular weight is 363 g/mol. The van der Waals surface area contributed by atoms with Gasteiger partial charge in [-0.2, -0.15) is 0 Å². The minimum Gasteiger partial charge on any atom is -0.395 e. The summed E-state index contributed by atoms with van der Waals surface area (Å²) in [6, 6.07) is 19.2. The highest BCUT2D eigenvalue weighted by atomic mass is 35.5. The van der Waals surface area contributed by atoms with Crippen molar-refractivity contribution in [3.05, 3.63) is 71.2 Å². The lowest BCUT2D eigenvalue weighted by Gasteiger charge is -2.19. The van der Waals surface area contributed by atoms with Gasteiger partial charge in [0.05, 0.1) is 33.7 Å². The number of pyridine rings is 1. The molecule has 0 aliphatic rings. The van der Waals surface area contributed by atoms with Gasteiger partial charge in [0.1, 0.15) is 0 Å². The molecule has 0 aliphatic heterocycles. The molecule has 26 heavy (non-hydrogen) atoms. The highest BCUT2D eigenvalue weighted by molar-refractivity contribution is 6.34. The van der Waals surface area contributed by atoms with Crippen molar-refractivity contribution in [2.24, 2.45) is 0 Å². The maximum absolute atomic E-state index is 13.1. The second-order valence-corrected chi connectivity index (χ2v) is 6.78. The summed E-state index contributed by atoms with van der Waals surface area (Å²) in [5, 5.41) is 12.2. The van der Waals surface area contributed by atoms with Gasteiger partial charge in [0.15, 0.2) is 0 Å². The number of nitrogens with zero attached hydrogens (tertiary/aromatic N) is 2. The van der Waals surface area contributed by atoms with E-state index in [1.165, 1.54) is 0 Å². The highest BCUT2D eigenvalue weighted by Crippen LogP contribution is 2.37. The third kappa shape index (κ3) is 1.97. The summed E-state index contributed by atoms with van der Waals surface area (Å²) in [4.78, 5) is 13.1. The van der Waals surface area contributed by atoms with Gasteiger partial charge < -0.3 is 9.67 Å². The van der Waals surface area contributed by atoms with Crippen LogP contribution in [0.4, 0.5) is 0 Å². The summed E-state index contributed by atoms with van der Waals surface area (Å²) in [7, 11) is 0. The molecule has 3 aromatic heterocycles. The Morgan fingerprint density at radius 2 is 1.73 bits per heavy atom. The van der Waals surface area contributed by atoms with E-state index in [0.717, 1.165) is 32.8 Å². The van der Waals surface area contributed by atoms with E-state index in [4.69, 9.17) is 11.6 Å². The lowest BCUT2D eigenvalue weighted by molar-refractivity contribution is 0.0967. The quantitative estimate of drug-likeness (QED) is 0.513. The number of halogens is 1. The van der Waals surface area contributed by atoms with Crippen LogP contribution in [0.1, 0.15) is 10.4 Å². The number of aliphatic hydroxyl groups excluding tert-OH is 1. The molecule has 0 spiro atoms. The number of aromatic nitrogens is 2. The molecule has 6 aromatic rings. The lowest BCUT2D eigenvalue weighted by atomic mass is 10.1. The van der Waals surface area contributed by atoms with Crippen molar-refractivity contribution in [2.75, 3.05) is 6.61 Å². The van der Waals surface area contributed by atoms with Crippen LogP contribution in [0.2, 0.25) is 5.02 Å². The normalized spacial score (nSPS) is 11.9. The maximum atomic E-state index is 13.1. The van der Waals surface area contributed by atoms with Crippen LogP contribution in [0.5, 0.6) is 0 Å². The minimum absolute atomic E-state index is 0.0351. The summed E-state index contributed by atoms with van der Waals surface area (Å²) >= 11 is 6.22. The number of benzene rings is 3. The molecule has 6 rings (SSSR count). The second kappa shape index (κ2) is 5.59. The summed E-state index contributed by atoms with van der Waals surface area (Å²) in [6.45, 7) is 0.512. The van der Waals surface area contributed by atoms with Gasteiger partial charge in [-0.1, -0.05) is 41.9 Å². The van der Waals surface area contributed by atoms with Crippen LogP contribution in [-0.4, -0.2) is 26.8 Å². The fourth-order valence-electron chi connectivity index (χ4n) is 3.84. The first-order chi connectivity index (χ1) is 12.7. The number of rotatable bonds is 3. The van der Waals surface area contributed by atoms with Crippen LogP contribution in [0, 0.1) is 0 Å². The zero-order valence-electron chi connectivity index (χ0n) is 13.8. The molecule has 3 aromatic carbocycles. The van der Waals surface area contributed by atoms with Crippen LogP contribution in [0.3, 0.4) is 0 Å². The molecule has 4 nitrogen and oxygen atoms in total. The van der Waals surface area contributed by atoms with Gasteiger partial charge in [0.2, 0.25) is 0 Å². The highest BCUT2D eigenvalue weighted by Gasteiger charge is 2.23. The average Bonchev–Trinajstić information content (AvgIpc) is 2.97. The molecule has 5 heteroatoms. The number of aliphatic hydroxyl groups is 1. The van der Waals surface area contributed by atoms with Gasteiger partial charge in [-0.15, -0.1) is 0 Å². The molecule has 0 saturated carbocycles. The van der Waals surface area contributed by atoms with Gasteiger partial charge in [0.25, 0.3) is 5.91 Å². The molecule has 0 aliphatic carbocycles. The van der Waals surface area contributed by atoms with Crippen molar-refractivity contribution in [2.45, 2.75) is 6.54 Å². The predicted molar refractivity (Wildman–Crippen MR) is 104 cm³/mol. The van der Waals surface area contributed by atoms with Crippen LogP contribution < -0.4 is 0 Å². The SMILES string of the molecule is O=C(c1ccccc1Cl)N1c2cc1c1c(c2)c2ccccc2n1CCO. The molecule has 0 saturated heterocycles. The third-order valence-electron chi connectivity index (χ3n) is 4.96. The van der Waals surface area contributed by atoms with Gasteiger partial charge in [-0.3, -0.25) is 9.36 Å². The Morgan fingerprint density at radius 3 is 2.54 bits per heavy atom. The van der Waals surface area contributed by atoms with E-state index in [0.29, 0.717) is 17.1 Å². The summed E-state index contributed by atoms with van der Waals surface area (Å²) < 4.78 is 3.78. The van der Waals surface area contributed by atoms with Crippen LogP contribution in [0.25, 0.3) is 32.8 Å². The van der Waals surface area contributed by atoms with Crippen molar-refractivity contribution < 1.29 is 9.90 Å². The topological polar surface area (TPSA) is 47.2 Å². The Balaban J connectivity index is 1.81. The van der Waals surface area contributed by atoms with Crippen LogP contribution in [0.15, 0.2) is 60.7 Å². The van der Waals surface area contributed by atoms with E-state index in [-0.39, 0.29) is 12.5 Å². The monoisotopic (exact) mass is 362 g/mol. The van der Waals surface area contributed by atoms with Gasteiger partial charge >= 0.3 is 0 Å². The Hall–Kier alpha value is -2.82. The summed E-state index contributed by atoms with van der Waals surface area (Å²) in [5.74, 6) is -0.134. The fourth-order valence-corrected chi connectivity index (χ4v) is 4.05. The Bertz CT molecular complexity index is 1280. The molecule has 0 atom stereocenters. The molecule has 2 bridgehead atoms. The lowest BCUT2D eigenvalue weighted by Crippen LogP contribution is -2.19. The van der Waals surface area contributed by atoms with Crippen molar-refractivity contribution in [1.82, 2.24) is 9.13 Å². The molecular formula is C21H15ClN2O2. The van der Waals surface area contributed by atoms with Gasteiger partial charge in [-0.25, -0.2) is 0 Å². The molecular weight excluding hydrogens is 348 g/mol. The number of hydrogen-bond acceptors (Lipinski definition) is 2. The Morgan fingerprint density at radius 1 is 0.962 bits per heavy atom. The molecule has 128 valence electrons. The Labute approximate surface area is 154 Å². The summed E-state index contributed by atoms with van der Waals surface area (Å²) in [6.07, 6.45) is 0. The number of fused-ring (bicyclic) bond motifs is 1. The number of hydrogen-bond donors (Lipinski definition) is 1. The zero-order chi connectivity index (χ0) is 17.8. The first-order valence-corrected chi connectivity index (χ1v) is 8.83. The molecule has 0 radical (unpaired) electrons. The molecule has 0 fully saturated rings. The second-order valence-electron chi connectivity index (χ2n) is 6.37. The van der Waals surface area contributed by atoms with Crippen molar-refractivity contribution in [1.29, 1.82) is 0 Å². The molecule has 3 heterocycles. The number of carbonyl (C=O) groups is 1. The van der Waals surface area contributed by atoms with E-state index in [9.17, 15) is 9.90 Å². The van der Waals surface area contributed by atoms with E-state index >= 15 is 0 Å². The van der Waals surface area contributed by atoms with Gasteiger partial charge in [-0.05, 0) is 30.3 Å². The predicted octanol–water partition coefficient (Wildman–Crippen LogP) is 4.52. The fraction of sp³-hybridized carbons (Fsp3) is 0.0952. The van der Waals surface area contributed by atoms with Crippen molar-refractivity contribution >= 4 is 50.3 Å². The molecule has 0 unspecified atom stereocenters. The largest absolute Gasteiger partial charge is 0.395 e. The minimum atomic E-state index is -0.134. The molecule has 0 amide bonds. The summed E-state index contributed by atoms with van der Waals surface area (Å²) in [5.41, 5.74) is 4.23. The van der Waals surface area contributed by atoms with E-state index < -0.39 is 0 Å². The van der Waals surface area contributed by atoms with Crippen LogP contribution in [-0.2, 0) is 6.54 Å². The standard InChI is InChI=1S/C21H15ClN2O2/c22-17-7-3-1-6-15(17)21(26)24-13-11-16-14-5-2-4-8-18(14)23(9-10-25)20(16)19(24)12-13/h1-8,11-12,25H,9-10H2. The zero-order valence-corrected chi connectivity index (χ0v) is 14.6. The number of para-hydroxylation sites is 1. The smallest absolute Gasteiger partial charge is 0.264 e.